The van der Waals surface area contributed by atoms with Crippen LogP contribution in [0, 0.1) is 11.8 Å². The molecule has 0 aliphatic rings. The molecule has 0 spiro atoms. The van der Waals surface area contributed by atoms with E-state index in [0.717, 1.165) is 115 Å². The number of phosphoric ester groups is 2. The standard InChI is InChI=1S/C79H154O17P2/c1-7-10-12-14-16-17-18-19-20-21-22-23-24-25-30-33-39-45-51-57-63-78(83)96-75(68-90-77(82)62-56-50-44-38-32-29-27-26-28-31-36-42-47-53-59-71(4)5)70-94-98(87,88)92-66-73(80)65-91-97(85,86)93-69-74(67-89-76(81)61-55-49-41-15-13-11-8-2)95-79(84)64-58-52-46-40-35-34-37-43-48-54-60-72(6)9-3/h71-75,80H,7-70H2,1-6H3,(H,85,86)(H,87,88)/t72?,73-,74+,75+/m0/s1. The van der Waals surface area contributed by atoms with Gasteiger partial charge in [0.25, 0.3) is 0 Å². The summed E-state index contributed by atoms with van der Waals surface area (Å²) in [5.74, 6) is -0.514. The molecular weight excluding hydrogens is 1280 g/mol. The topological polar surface area (TPSA) is 237 Å². The first-order valence-electron chi connectivity index (χ1n) is 41.0. The molecule has 17 nitrogen and oxygen atoms in total. The van der Waals surface area contributed by atoms with Gasteiger partial charge < -0.3 is 33.8 Å². The molecule has 0 aromatic rings. The molecule has 0 bridgehead atoms. The van der Waals surface area contributed by atoms with Crippen molar-refractivity contribution in [1.82, 2.24) is 0 Å². The van der Waals surface area contributed by atoms with E-state index < -0.39 is 97.5 Å². The number of carbonyl (C=O) groups excluding carboxylic acids is 4. The van der Waals surface area contributed by atoms with Crippen LogP contribution in [0.1, 0.15) is 414 Å². The number of ether oxygens (including phenoxy) is 4. The van der Waals surface area contributed by atoms with Crippen LogP contribution in [0.5, 0.6) is 0 Å². The van der Waals surface area contributed by atoms with Gasteiger partial charge in [-0.05, 0) is 37.5 Å². The first-order chi connectivity index (χ1) is 47.4. The van der Waals surface area contributed by atoms with E-state index in [1.165, 1.54) is 218 Å². The van der Waals surface area contributed by atoms with Gasteiger partial charge in [0.15, 0.2) is 12.2 Å². The zero-order chi connectivity index (χ0) is 72.1. The fraction of sp³-hybridized carbons (Fsp3) is 0.949. The Hall–Kier alpha value is -1.94. The highest BCUT2D eigenvalue weighted by Crippen LogP contribution is 2.45. The van der Waals surface area contributed by atoms with Crippen LogP contribution in [0.2, 0.25) is 0 Å². The maximum Gasteiger partial charge on any atom is 0.472 e. The quantitative estimate of drug-likeness (QED) is 0.0222. The number of aliphatic hydroxyl groups excluding tert-OH is 1. The molecule has 0 aliphatic carbocycles. The zero-order valence-electron chi connectivity index (χ0n) is 64.1. The van der Waals surface area contributed by atoms with E-state index in [1.807, 2.05) is 0 Å². The molecule has 19 heteroatoms. The molecule has 0 saturated heterocycles. The smallest absolute Gasteiger partial charge is 0.462 e. The Balaban J connectivity index is 5.18. The van der Waals surface area contributed by atoms with E-state index in [9.17, 15) is 43.2 Å². The largest absolute Gasteiger partial charge is 0.472 e. The van der Waals surface area contributed by atoms with Gasteiger partial charge in [0.2, 0.25) is 0 Å². The fourth-order valence-electron chi connectivity index (χ4n) is 12.2. The van der Waals surface area contributed by atoms with E-state index in [2.05, 4.69) is 41.5 Å². The number of rotatable bonds is 78. The molecule has 0 aromatic carbocycles. The van der Waals surface area contributed by atoms with Crippen LogP contribution in [0.15, 0.2) is 0 Å². The molecule has 0 radical (unpaired) electrons. The van der Waals surface area contributed by atoms with Crippen LogP contribution in [0.4, 0.5) is 0 Å². The fourth-order valence-corrected chi connectivity index (χ4v) is 13.7. The number of unbranched alkanes of at least 4 members (excludes halogenated alkanes) is 47. The predicted molar refractivity (Wildman–Crippen MR) is 400 cm³/mol. The summed E-state index contributed by atoms with van der Waals surface area (Å²) in [6, 6.07) is 0. The average molecular weight is 1440 g/mol. The molecule has 582 valence electrons. The highest BCUT2D eigenvalue weighted by atomic mass is 31.2. The number of aliphatic hydroxyl groups is 1. The van der Waals surface area contributed by atoms with Crippen LogP contribution in [0.25, 0.3) is 0 Å². The normalized spacial score (nSPS) is 14.2. The van der Waals surface area contributed by atoms with Crippen molar-refractivity contribution in [3.63, 3.8) is 0 Å². The first-order valence-corrected chi connectivity index (χ1v) is 44.0. The van der Waals surface area contributed by atoms with E-state index in [0.29, 0.717) is 25.7 Å². The highest BCUT2D eigenvalue weighted by Gasteiger charge is 2.30. The summed E-state index contributed by atoms with van der Waals surface area (Å²) in [7, 11) is -9.91. The van der Waals surface area contributed by atoms with Gasteiger partial charge in [-0.25, -0.2) is 9.13 Å². The van der Waals surface area contributed by atoms with Crippen molar-refractivity contribution in [3.8, 4) is 0 Å². The Bertz CT molecular complexity index is 1890. The summed E-state index contributed by atoms with van der Waals surface area (Å²) in [5.41, 5.74) is 0. The van der Waals surface area contributed by atoms with Gasteiger partial charge >= 0.3 is 39.5 Å². The van der Waals surface area contributed by atoms with Crippen molar-refractivity contribution in [2.24, 2.45) is 11.8 Å². The number of hydrogen-bond acceptors (Lipinski definition) is 15. The average Bonchev–Trinajstić information content (AvgIpc) is 0.973. The minimum absolute atomic E-state index is 0.106. The summed E-state index contributed by atoms with van der Waals surface area (Å²) in [5, 5.41) is 10.6. The van der Waals surface area contributed by atoms with E-state index in [4.69, 9.17) is 37.0 Å². The second-order valence-corrected chi connectivity index (χ2v) is 32.1. The predicted octanol–water partition coefficient (Wildman–Crippen LogP) is 23.5. The van der Waals surface area contributed by atoms with Crippen molar-refractivity contribution in [2.75, 3.05) is 39.6 Å². The highest BCUT2D eigenvalue weighted by molar-refractivity contribution is 7.47. The van der Waals surface area contributed by atoms with Crippen LogP contribution in [-0.2, 0) is 65.4 Å². The second kappa shape index (κ2) is 70.7. The molecule has 0 heterocycles. The van der Waals surface area contributed by atoms with Crippen molar-refractivity contribution >= 4 is 39.5 Å². The van der Waals surface area contributed by atoms with E-state index in [-0.39, 0.29) is 25.7 Å². The maximum absolute atomic E-state index is 13.1. The summed E-state index contributed by atoms with van der Waals surface area (Å²) >= 11 is 0. The van der Waals surface area contributed by atoms with Crippen LogP contribution in [0.3, 0.4) is 0 Å². The Labute approximate surface area is 600 Å². The molecule has 0 saturated carbocycles. The molecule has 3 N–H and O–H groups in total. The Morgan fingerprint density at radius 2 is 0.520 bits per heavy atom. The molecule has 0 aliphatic heterocycles. The third-order valence-electron chi connectivity index (χ3n) is 18.8. The van der Waals surface area contributed by atoms with Crippen LogP contribution >= 0.6 is 15.6 Å². The Kier molecular flexibility index (Phi) is 69.3. The maximum atomic E-state index is 13.1. The molecule has 98 heavy (non-hydrogen) atoms. The summed E-state index contributed by atoms with van der Waals surface area (Å²) < 4.78 is 68.5. The lowest BCUT2D eigenvalue weighted by Crippen LogP contribution is -2.30. The van der Waals surface area contributed by atoms with Crippen LogP contribution in [-0.4, -0.2) is 96.7 Å². The zero-order valence-corrected chi connectivity index (χ0v) is 65.9. The molecule has 0 amide bonds. The molecule has 0 rings (SSSR count). The third-order valence-corrected chi connectivity index (χ3v) is 20.7. The molecule has 6 atom stereocenters. The third kappa shape index (κ3) is 71.1. The Morgan fingerprint density at radius 1 is 0.296 bits per heavy atom. The number of esters is 4. The molecule has 0 aromatic heterocycles. The SMILES string of the molecule is CCCCCCCCCCCCCCCCCCCCCCC(=O)O[C@H](COC(=O)CCCCCCCCCCCCCCCCC(C)C)COP(=O)(O)OC[C@@H](O)COP(=O)(O)OC[C@@H](COC(=O)CCCCCCCCC)OC(=O)CCCCCCCCCCCCC(C)CC. The number of phosphoric acid groups is 2. The van der Waals surface area contributed by atoms with Gasteiger partial charge in [0.05, 0.1) is 26.4 Å². The van der Waals surface area contributed by atoms with Crippen molar-refractivity contribution in [2.45, 2.75) is 432 Å². The first kappa shape index (κ1) is 96.1. The number of carbonyl (C=O) groups is 4. The van der Waals surface area contributed by atoms with Gasteiger partial charge in [-0.1, -0.05) is 363 Å². The minimum atomic E-state index is -4.96. The molecule has 0 fully saturated rings. The van der Waals surface area contributed by atoms with E-state index in [1.54, 1.807) is 0 Å². The summed E-state index contributed by atoms with van der Waals surface area (Å²) in [6.07, 6.45) is 59.8. The van der Waals surface area contributed by atoms with Gasteiger partial charge in [0.1, 0.15) is 19.3 Å². The van der Waals surface area contributed by atoms with Crippen molar-refractivity contribution < 1.29 is 80.2 Å². The van der Waals surface area contributed by atoms with Gasteiger partial charge in [-0.2, -0.15) is 0 Å². The van der Waals surface area contributed by atoms with Crippen molar-refractivity contribution in [3.05, 3.63) is 0 Å². The monoisotopic (exact) mass is 1440 g/mol. The molecule has 3 unspecified atom stereocenters. The van der Waals surface area contributed by atoms with E-state index >= 15 is 0 Å². The lowest BCUT2D eigenvalue weighted by atomic mass is 9.99. The van der Waals surface area contributed by atoms with Gasteiger partial charge in [0, 0.05) is 25.7 Å². The summed E-state index contributed by atoms with van der Waals surface area (Å²) in [6.45, 7) is 9.62. The number of hydrogen-bond donors (Lipinski definition) is 3. The lowest BCUT2D eigenvalue weighted by molar-refractivity contribution is -0.161. The van der Waals surface area contributed by atoms with Gasteiger partial charge in [-0.15, -0.1) is 0 Å². The summed E-state index contributed by atoms with van der Waals surface area (Å²) in [4.78, 5) is 72.8. The molecular formula is C79H154O17P2. The minimum Gasteiger partial charge on any atom is -0.462 e. The van der Waals surface area contributed by atoms with Gasteiger partial charge in [-0.3, -0.25) is 37.3 Å². The van der Waals surface area contributed by atoms with Crippen molar-refractivity contribution in [1.29, 1.82) is 0 Å². The second-order valence-electron chi connectivity index (χ2n) is 29.2. The Morgan fingerprint density at radius 3 is 0.776 bits per heavy atom. The lowest BCUT2D eigenvalue weighted by Gasteiger charge is -2.21. The van der Waals surface area contributed by atoms with Crippen LogP contribution < -0.4 is 0 Å².